The van der Waals surface area contributed by atoms with Crippen molar-refractivity contribution in [2.45, 2.75) is 6.92 Å². The Hall–Kier alpha value is -1.98. The molecule has 0 fully saturated rings. The van der Waals surface area contributed by atoms with E-state index in [0.29, 0.717) is 12.4 Å². The number of fused-ring (bicyclic) bond motifs is 1. The molecule has 2 aromatic heterocycles. The van der Waals surface area contributed by atoms with Crippen molar-refractivity contribution in [3.05, 3.63) is 41.3 Å². The molecule has 102 valence electrons. The number of aliphatic hydroxyl groups excluding tert-OH is 1. The molecule has 0 aliphatic carbocycles. The number of aliphatic hydroxyl groups is 1. The summed E-state index contributed by atoms with van der Waals surface area (Å²) in [5.41, 5.74) is 0.993. The predicted molar refractivity (Wildman–Crippen MR) is 83.2 cm³/mol. The zero-order valence-corrected chi connectivity index (χ0v) is 11.9. The van der Waals surface area contributed by atoms with Crippen LogP contribution in [0.15, 0.2) is 36.4 Å². The van der Waals surface area contributed by atoms with Gasteiger partial charge in [-0.3, -0.25) is 0 Å². The molecule has 20 heavy (non-hydrogen) atoms. The summed E-state index contributed by atoms with van der Waals surface area (Å²) in [6, 6.07) is 12.0. The predicted octanol–water partition coefficient (Wildman–Crippen LogP) is 3.07. The van der Waals surface area contributed by atoms with E-state index >= 15 is 0 Å². The highest BCUT2D eigenvalue weighted by Gasteiger charge is 2.11. The van der Waals surface area contributed by atoms with Crippen LogP contribution in [0.2, 0.25) is 0 Å². The second-order valence-electron chi connectivity index (χ2n) is 4.49. The molecule has 3 rings (SSSR count). The second-order valence-corrected chi connectivity index (χ2v) is 5.72. The van der Waals surface area contributed by atoms with Crippen molar-refractivity contribution in [1.82, 2.24) is 9.97 Å². The Balaban J connectivity index is 2.14. The number of anilines is 1. The lowest BCUT2D eigenvalue weighted by Crippen LogP contribution is -2.08. The molecular formula is C15H15N3OS. The number of hydrogen-bond donors (Lipinski definition) is 2. The Morgan fingerprint density at radius 3 is 2.75 bits per heavy atom. The Morgan fingerprint density at radius 1 is 1.20 bits per heavy atom. The van der Waals surface area contributed by atoms with Crippen molar-refractivity contribution in [2.24, 2.45) is 0 Å². The van der Waals surface area contributed by atoms with Gasteiger partial charge in [0.15, 0.2) is 5.82 Å². The van der Waals surface area contributed by atoms with Gasteiger partial charge in [-0.05, 0) is 13.0 Å². The first-order chi connectivity index (χ1) is 9.78. The maximum absolute atomic E-state index is 8.99. The zero-order valence-electron chi connectivity index (χ0n) is 11.1. The fourth-order valence-electron chi connectivity index (χ4n) is 2.07. The summed E-state index contributed by atoms with van der Waals surface area (Å²) in [6.45, 7) is 2.62. The molecule has 1 aromatic carbocycles. The summed E-state index contributed by atoms with van der Waals surface area (Å²) < 4.78 is 0. The molecule has 2 N–H and O–H groups in total. The fourth-order valence-corrected chi connectivity index (χ4v) is 2.95. The fraction of sp³-hybridized carbons (Fsp3) is 0.200. The van der Waals surface area contributed by atoms with E-state index in [1.54, 1.807) is 11.3 Å². The van der Waals surface area contributed by atoms with E-state index in [1.807, 2.05) is 30.3 Å². The highest BCUT2D eigenvalue weighted by molar-refractivity contribution is 7.18. The molecule has 5 heteroatoms. The van der Waals surface area contributed by atoms with Gasteiger partial charge in [0, 0.05) is 17.0 Å². The lowest BCUT2D eigenvalue weighted by Gasteiger charge is -2.07. The Morgan fingerprint density at radius 2 is 2.00 bits per heavy atom. The van der Waals surface area contributed by atoms with Crippen molar-refractivity contribution in [2.75, 3.05) is 18.5 Å². The lowest BCUT2D eigenvalue weighted by molar-refractivity contribution is 0.311. The van der Waals surface area contributed by atoms with Gasteiger partial charge in [0.05, 0.1) is 12.0 Å². The quantitative estimate of drug-likeness (QED) is 0.773. The van der Waals surface area contributed by atoms with Gasteiger partial charge >= 0.3 is 0 Å². The van der Waals surface area contributed by atoms with E-state index in [4.69, 9.17) is 5.11 Å². The van der Waals surface area contributed by atoms with Gasteiger partial charge < -0.3 is 10.4 Å². The lowest BCUT2D eigenvalue weighted by atomic mass is 10.2. The van der Waals surface area contributed by atoms with Crippen LogP contribution in [-0.2, 0) is 0 Å². The van der Waals surface area contributed by atoms with E-state index in [2.05, 4.69) is 28.3 Å². The summed E-state index contributed by atoms with van der Waals surface area (Å²) in [7, 11) is 0. The molecular weight excluding hydrogens is 270 g/mol. The standard InChI is InChI=1S/C15H15N3OS/c1-10-9-12-14(16-7-8-19)17-13(18-15(12)20-10)11-5-3-2-4-6-11/h2-6,9,19H,7-8H2,1H3,(H,16,17,18). The highest BCUT2D eigenvalue weighted by Crippen LogP contribution is 2.30. The molecule has 2 heterocycles. The molecule has 0 aliphatic rings. The van der Waals surface area contributed by atoms with Crippen LogP contribution in [0.4, 0.5) is 5.82 Å². The van der Waals surface area contributed by atoms with Crippen molar-refractivity contribution in [3.8, 4) is 11.4 Å². The number of thiophene rings is 1. The summed E-state index contributed by atoms with van der Waals surface area (Å²) in [5, 5.41) is 13.2. The summed E-state index contributed by atoms with van der Waals surface area (Å²) in [5.74, 6) is 1.49. The van der Waals surface area contributed by atoms with Gasteiger partial charge in [-0.15, -0.1) is 11.3 Å². The maximum atomic E-state index is 8.99. The molecule has 0 saturated heterocycles. The number of rotatable bonds is 4. The SMILES string of the molecule is Cc1cc2c(NCCO)nc(-c3ccccc3)nc2s1. The average Bonchev–Trinajstić information content (AvgIpc) is 2.86. The van der Waals surface area contributed by atoms with E-state index in [0.717, 1.165) is 21.6 Å². The van der Waals surface area contributed by atoms with E-state index < -0.39 is 0 Å². The molecule has 0 atom stereocenters. The van der Waals surface area contributed by atoms with E-state index in [1.165, 1.54) is 4.88 Å². The Kier molecular flexibility index (Phi) is 3.62. The third-order valence-corrected chi connectivity index (χ3v) is 3.90. The minimum absolute atomic E-state index is 0.0787. The monoisotopic (exact) mass is 285 g/mol. The van der Waals surface area contributed by atoms with Crippen molar-refractivity contribution in [1.29, 1.82) is 0 Å². The minimum atomic E-state index is 0.0787. The topological polar surface area (TPSA) is 58.0 Å². The first-order valence-corrected chi connectivity index (χ1v) is 7.28. The van der Waals surface area contributed by atoms with Gasteiger partial charge in [0.2, 0.25) is 0 Å². The molecule has 0 saturated carbocycles. The number of benzene rings is 1. The molecule has 0 bridgehead atoms. The van der Waals surface area contributed by atoms with Crippen LogP contribution in [0.1, 0.15) is 4.88 Å². The summed E-state index contributed by atoms with van der Waals surface area (Å²) >= 11 is 1.65. The molecule has 0 aliphatic heterocycles. The van der Waals surface area contributed by atoms with Crippen molar-refractivity contribution < 1.29 is 5.11 Å². The van der Waals surface area contributed by atoms with Gasteiger partial charge in [0.1, 0.15) is 10.6 Å². The second kappa shape index (κ2) is 5.56. The third kappa shape index (κ3) is 2.50. The first kappa shape index (κ1) is 13.0. The number of aromatic nitrogens is 2. The molecule has 0 radical (unpaired) electrons. The van der Waals surface area contributed by atoms with Gasteiger partial charge in [-0.1, -0.05) is 30.3 Å². The highest BCUT2D eigenvalue weighted by atomic mass is 32.1. The molecule has 0 spiro atoms. The molecule has 0 unspecified atom stereocenters. The molecule has 3 aromatic rings. The largest absolute Gasteiger partial charge is 0.395 e. The van der Waals surface area contributed by atoms with Gasteiger partial charge in [-0.25, -0.2) is 9.97 Å². The summed E-state index contributed by atoms with van der Waals surface area (Å²) in [6.07, 6.45) is 0. The van der Waals surface area contributed by atoms with Gasteiger partial charge in [-0.2, -0.15) is 0 Å². The number of nitrogens with zero attached hydrogens (tertiary/aromatic N) is 2. The minimum Gasteiger partial charge on any atom is -0.395 e. The maximum Gasteiger partial charge on any atom is 0.163 e. The normalized spacial score (nSPS) is 10.9. The molecule has 4 nitrogen and oxygen atoms in total. The molecule has 0 amide bonds. The Bertz CT molecular complexity index is 725. The Labute approximate surface area is 121 Å². The van der Waals surface area contributed by atoms with E-state index in [-0.39, 0.29) is 6.61 Å². The number of hydrogen-bond acceptors (Lipinski definition) is 5. The van der Waals surface area contributed by atoms with Crippen LogP contribution in [0.25, 0.3) is 21.6 Å². The van der Waals surface area contributed by atoms with Crippen LogP contribution in [0.5, 0.6) is 0 Å². The first-order valence-electron chi connectivity index (χ1n) is 6.46. The van der Waals surface area contributed by atoms with Crippen molar-refractivity contribution in [3.63, 3.8) is 0 Å². The van der Waals surface area contributed by atoms with Crippen LogP contribution < -0.4 is 5.32 Å². The van der Waals surface area contributed by atoms with Crippen LogP contribution in [0, 0.1) is 6.92 Å². The number of nitrogens with one attached hydrogen (secondary N) is 1. The number of aryl methyl sites for hydroxylation is 1. The average molecular weight is 285 g/mol. The third-order valence-electron chi connectivity index (χ3n) is 2.95. The summed E-state index contributed by atoms with van der Waals surface area (Å²) in [4.78, 5) is 11.4. The van der Waals surface area contributed by atoms with Gasteiger partial charge in [0.25, 0.3) is 0 Å². The van der Waals surface area contributed by atoms with Crippen LogP contribution in [-0.4, -0.2) is 28.2 Å². The van der Waals surface area contributed by atoms with Crippen LogP contribution >= 0.6 is 11.3 Å². The van der Waals surface area contributed by atoms with Crippen LogP contribution in [0.3, 0.4) is 0 Å². The van der Waals surface area contributed by atoms with E-state index in [9.17, 15) is 0 Å². The smallest absolute Gasteiger partial charge is 0.163 e. The zero-order chi connectivity index (χ0) is 13.9. The van der Waals surface area contributed by atoms with Crippen molar-refractivity contribution >= 4 is 27.4 Å².